The number of rotatable bonds is 0. The second-order valence-corrected chi connectivity index (χ2v) is 3.60. The Bertz CT molecular complexity index is 396. The van der Waals surface area contributed by atoms with E-state index in [2.05, 4.69) is 46.8 Å². The van der Waals surface area contributed by atoms with Gasteiger partial charge in [-0.25, -0.2) is 9.97 Å². The first kappa shape index (κ1) is 7.24. The minimum absolute atomic E-state index is 0.753. The highest BCUT2D eigenvalue weighted by Gasteiger charge is 2.02. The maximum Gasteiger partial charge on any atom is 0.135 e. The standard InChI is InChI=1S/C6H3Br2N3/c7-4-1-3-5(6(8)11-4)10-2-9-3/h1-2H,(H,9,10). The molecule has 0 spiro atoms. The first-order valence-corrected chi connectivity index (χ1v) is 4.51. The molecular formula is C6H3Br2N3. The van der Waals surface area contributed by atoms with E-state index < -0.39 is 0 Å². The summed E-state index contributed by atoms with van der Waals surface area (Å²) in [7, 11) is 0. The molecule has 1 N–H and O–H groups in total. The molecule has 5 heteroatoms. The summed E-state index contributed by atoms with van der Waals surface area (Å²) in [5.74, 6) is 0. The van der Waals surface area contributed by atoms with Crippen molar-refractivity contribution < 1.29 is 0 Å². The molecule has 0 saturated heterocycles. The van der Waals surface area contributed by atoms with Crippen LogP contribution < -0.4 is 0 Å². The first-order valence-electron chi connectivity index (χ1n) is 2.92. The van der Waals surface area contributed by atoms with Crippen molar-refractivity contribution in [1.29, 1.82) is 0 Å². The zero-order chi connectivity index (χ0) is 7.84. The summed E-state index contributed by atoms with van der Waals surface area (Å²) < 4.78 is 1.55. The van der Waals surface area contributed by atoms with E-state index >= 15 is 0 Å². The van der Waals surface area contributed by atoms with Crippen LogP contribution in [0.15, 0.2) is 21.6 Å². The summed E-state index contributed by atoms with van der Waals surface area (Å²) in [6, 6.07) is 1.88. The average molecular weight is 277 g/mol. The monoisotopic (exact) mass is 275 g/mol. The minimum Gasteiger partial charge on any atom is -0.344 e. The Hall–Kier alpha value is -0.420. The van der Waals surface area contributed by atoms with Gasteiger partial charge in [0.2, 0.25) is 0 Å². The zero-order valence-electron chi connectivity index (χ0n) is 5.31. The van der Waals surface area contributed by atoms with Crippen LogP contribution in [0.3, 0.4) is 0 Å². The largest absolute Gasteiger partial charge is 0.344 e. The summed E-state index contributed by atoms with van der Waals surface area (Å²) in [6.07, 6.45) is 1.64. The summed E-state index contributed by atoms with van der Waals surface area (Å²) in [5, 5.41) is 0. The van der Waals surface area contributed by atoms with E-state index in [1.54, 1.807) is 6.33 Å². The molecule has 2 aromatic rings. The van der Waals surface area contributed by atoms with Crippen molar-refractivity contribution in [2.75, 3.05) is 0 Å². The lowest BCUT2D eigenvalue weighted by molar-refractivity contribution is 1.25. The van der Waals surface area contributed by atoms with Crippen LogP contribution >= 0.6 is 31.9 Å². The number of aromatic nitrogens is 3. The number of aromatic amines is 1. The van der Waals surface area contributed by atoms with Crippen LogP contribution in [0.1, 0.15) is 0 Å². The van der Waals surface area contributed by atoms with Crippen LogP contribution in [-0.4, -0.2) is 15.0 Å². The van der Waals surface area contributed by atoms with Crippen molar-refractivity contribution in [3.63, 3.8) is 0 Å². The van der Waals surface area contributed by atoms with Crippen molar-refractivity contribution in [1.82, 2.24) is 15.0 Å². The van der Waals surface area contributed by atoms with Crippen LogP contribution in [0.4, 0.5) is 0 Å². The molecule has 0 radical (unpaired) electrons. The second-order valence-electron chi connectivity index (χ2n) is 2.03. The molecule has 2 aromatic heterocycles. The molecule has 0 fully saturated rings. The third-order valence-electron chi connectivity index (χ3n) is 1.33. The fraction of sp³-hybridized carbons (Fsp3) is 0. The van der Waals surface area contributed by atoms with Gasteiger partial charge < -0.3 is 4.98 Å². The highest BCUT2D eigenvalue weighted by atomic mass is 79.9. The Morgan fingerprint density at radius 3 is 3.00 bits per heavy atom. The van der Waals surface area contributed by atoms with Crippen LogP contribution in [0.5, 0.6) is 0 Å². The van der Waals surface area contributed by atoms with E-state index in [1.807, 2.05) is 6.07 Å². The van der Waals surface area contributed by atoms with Gasteiger partial charge in [-0.2, -0.15) is 0 Å². The Morgan fingerprint density at radius 1 is 1.36 bits per heavy atom. The van der Waals surface area contributed by atoms with Crippen LogP contribution in [0.25, 0.3) is 11.0 Å². The van der Waals surface area contributed by atoms with E-state index in [0.717, 1.165) is 20.2 Å². The number of pyridine rings is 1. The fourth-order valence-corrected chi connectivity index (χ4v) is 2.03. The Labute approximate surface area is 79.5 Å². The molecule has 0 aromatic carbocycles. The molecule has 2 rings (SSSR count). The molecule has 0 unspecified atom stereocenters. The molecule has 0 saturated carbocycles. The number of imidazole rings is 1. The number of H-pyrrole nitrogens is 1. The maximum atomic E-state index is 4.12. The van der Waals surface area contributed by atoms with Gasteiger partial charge in [-0.15, -0.1) is 0 Å². The highest BCUT2D eigenvalue weighted by Crippen LogP contribution is 2.21. The van der Waals surface area contributed by atoms with Crippen molar-refractivity contribution in [3.05, 3.63) is 21.6 Å². The van der Waals surface area contributed by atoms with Gasteiger partial charge in [-0.1, -0.05) is 0 Å². The molecule has 11 heavy (non-hydrogen) atoms. The summed E-state index contributed by atoms with van der Waals surface area (Å²) in [6.45, 7) is 0. The molecule has 0 bridgehead atoms. The van der Waals surface area contributed by atoms with Gasteiger partial charge in [0.1, 0.15) is 14.7 Å². The van der Waals surface area contributed by atoms with Gasteiger partial charge in [0.25, 0.3) is 0 Å². The van der Waals surface area contributed by atoms with Crippen molar-refractivity contribution in [2.45, 2.75) is 0 Å². The molecule has 0 aliphatic carbocycles. The number of nitrogens with zero attached hydrogens (tertiary/aromatic N) is 2. The quantitative estimate of drug-likeness (QED) is 0.751. The van der Waals surface area contributed by atoms with Gasteiger partial charge in [-0.05, 0) is 37.9 Å². The smallest absolute Gasteiger partial charge is 0.135 e. The van der Waals surface area contributed by atoms with E-state index in [9.17, 15) is 0 Å². The topological polar surface area (TPSA) is 41.6 Å². The molecule has 0 atom stereocenters. The van der Waals surface area contributed by atoms with Gasteiger partial charge >= 0.3 is 0 Å². The molecule has 2 heterocycles. The number of hydrogen-bond donors (Lipinski definition) is 1. The minimum atomic E-state index is 0.753. The summed E-state index contributed by atoms with van der Waals surface area (Å²) in [4.78, 5) is 11.2. The SMILES string of the molecule is Brc1cc2[nH]cnc2c(Br)n1. The van der Waals surface area contributed by atoms with Gasteiger partial charge in [0.05, 0.1) is 11.8 Å². The van der Waals surface area contributed by atoms with Crippen molar-refractivity contribution in [3.8, 4) is 0 Å². The van der Waals surface area contributed by atoms with Crippen LogP contribution in [-0.2, 0) is 0 Å². The lowest BCUT2D eigenvalue weighted by atomic mass is 10.4. The Kier molecular flexibility index (Phi) is 1.69. The molecular weight excluding hydrogens is 274 g/mol. The van der Waals surface area contributed by atoms with E-state index in [0.29, 0.717) is 0 Å². The maximum absolute atomic E-state index is 4.12. The lowest BCUT2D eigenvalue weighted by Gasteiger charge is -1.92. The molecule has 56 valence electrons. The Morgan fingerprint density at radius 2 is 2.18 bits per heavy atom. The second kappa shape index (κ2) is 2.57. The van der Waals surface area contributed by atoms with Gasteiger partial charge in [0, 0.05) is 0 Å². The zero-order valence-corrected chi connectivity index (χ0v) is 8.48. The number of hydrogen-bond acceptors (Lipinski definition) is 2. The van der Waals surface area contributed by atoms with Crippen molar-refractivity contribution >= 4 is 42.9 Å². The number of halogens is 2. The molecule has 0 amide bonds. The summed E-state index contributed by atoms with van der Waals surface area (Å²) >= 11 is 6.58. The third-order valence-corrected chi connectivity index (χ3v) is 2.29. The average Bonchev–Trinajstić information content (AvgIpc) is 2.34. The van der Waals surface area contributed by atoms with E-state index in [4.69, 9.17) is 0 Å². The highest BCUT2D eigenvalue weighted by molar-refractivity contribution is 9.11. The number of fused-ring (bicyclic) bond motifs is 1. The fourth-order valence-electron chi connectivity index (χ4n) is 0.877. The molecule has 0 aliphatic heterocycles. The predicted molar refractivity (Wildman–Crippen MR) is 49.3 cm³/mol. The number of nitrogens with one attached hydrogen (secondary N) is 1. The predicted octanol–water partition coefficient (Wildman–Crippen LogP) is 2.48. The van der Waals surface area contributed by atoms with E-state index in [-0.39, 0.29) is 0 Å². The molecule has 0 aliphatic rings. The van der Waals surface area contributed by atoms with Gasteiger partial charge in [-0.3, -0.25) is 0 Å². The van der Waals surface area contributed by atoms with Gasteiger partial charge in [0.15, 0.2) is 0 Å². The Balaban J connectivity index is 2.91. The van der Waals surface area contributed by atoms with Crippen molar-refractivity contribution in [2.24, 2.45) is 0 Å². The third kappa shape index (κ3) is 1.18. The summed E-state index contributed by atoms with van der Waals surface area (Å²) in [5.41, 5.74) is 1.83. The first-order chi connectivity index (χ1) is 5.27. The van der Waals surface area contributed by atoms with E-state index in [1.165, 1.54) is 0 Å². The normalized spacial score (nSPS) is 10.7. The van der Waals surface area contributed by atoms with Crippen LogP contribution in [0, 0.1) is 0 Å². The molecule has 3 nitrogen and oxygen atoms in total. The lowest BCUT2D eigenvalue weighted by Crippen LogP contribution is -1.79. The van der Waals surface area contributed by atoms with Crippen LogP contribution in [0.2, 0.25) is 0 Å².